The van der Waals surface area contributed by atoms with Crippen LogP contribution in [0.15, 0.2) is 76.8 Å². The molecular formula is C24H22Cl2N4O2S2. The molecule has 6 nitrogen and oxygen atoms in total. The summed E-state index contributed by atoms with van der Waals surface area (Å²) in [5, 5.41) is 10.1. The van der Waals surface area contributed by atoms with Gasteiger partial charge in [0, 0.05) is 10.8 Å². The third kappa shape index (κ3) is 5.64. The van der Waals surface area contributed by atoms with Crippen molar-refractivity contribution < 1.29 is 8.42 Å². The lowest BCUT2D eigenvalue weighted by Gasteiger charge is -2.13. The molecule has 0 saturated carbocycles. The Morgan fingerprint density at radius 2 is 1.71 bits per heavy atom. The van der Waals surface area contributed by atoms with Gasteiger partial charge >= 0.3 is 0 Å². The van der Waals surface area contributed by atoms with Crippen LogP contribution in [0.2, 0.25) is 10.0 Å². The second kappa shape index (κ2) is 10.5. The Morgan fingerprint density at radius 3 is 2.41 bits per heavy atom. The molecule has 0 atom stereocenters. The van der Waals surface area contributed by atoms with Crippen LogP contribution in [-0.4, -0.2) is 23.2 Å². The van der Waals surface area contributed by atoms with Crippen LogP contribution >= 0.6 is 35.0 Å². The van der Waals surface area contributed by atoms with E-state index < -0.39 is 10.0 Å². The minimum absolute atomic E-state index is 0.0624. The number of nitrogens with zero attached hydrogens (tertiary/aromatic N) is 3. The molecule has 4 rings (SSSR count). The molecule has 3 aromatic carbocycles. The minimum atomic E-state index is -3.73. The van der Waals surface area contributed by atoms with Crippen molar-refractivity contribution in [3.8, 4) is 5.69 Å². The monoisotopic (exact) mass is 532 g/mol. The van der Waals surface area contributed by atoms with Gasteiger partial charge in [-0.15, -0.1) is 10.2 Å². The second-order valence-corrected chi connectivity index (χ2v) is 11.2. The van der Waals surface area contributed by atoms with E-state index in [9.17, 15) is 8.42 Å². The summed E-state index contributed by atoms with van der Waals surface area (Å²) in [7, 11) is -3.73. The standard InChI is InChI=1S/C24H22Cl2N4O2S2/c1-16-7-10-20(11-8-16)34(31,32)27-14-23-28-29-24(33-15-18-6-4-3-5-17(18)2)30(23)22-12-9-19(25)13-21(22)26/h3-13,27H,14-15H2,1-2H3. The highest BCUT2D eigenvalue weighted by atomic mass is 35.5. The summed E-state index contributed by atoms with van der Waals surface area (Å²) >= 11 is 14.1. The van der Waals surface area contributed by atoms with Crippen LogP contribution in [0.4, 0.5) is 0 Å². The number of sulfonamides is 1. The lowest BCUT2D eigenvalue weighted by molar-refractivity contribution is 0.578. The fraction of sp³-hybridized carbons (Fsp3) is 0.167. The van der Waals surface area contributed by atoms with Gasteiger partial charge in [-0.25, -0.2) is 13.1 Å². The van der Waals surface area contributed by atoms with Crippen molar-refractivity contribution in [1.82, 2.24) is 19.5 Å². The van der Waals surface area contributed by atoms with Crippen LogP contribution in [0.25, 0.3) is 5.69 Å². The number of rotatable bonds is 8. The van der Waals surface area contributed by atoms with Gasteiger partial charge in [0.1, 0.15) is 0 Å². The van der Waals surface area contributed by atoms with Crippen molar-refractivity contribution in [3.05, 3.63) is 99.3 Å². The predicted octanol–water partition coefficient (Wildman–Crippen LogP) is 5.96. The van der Waals surface area contributed by atoms with Gasteiger partial charge in [0.2, 0.25) is 10.0 Å². The molecule has 0 fully saturated rings. The lowest BCUT2D eigenvalue weighted by atomic mass is 10.1. The highest BCUT2D eigenvalue weighted by Gasteiger charge is 2.20. The van der Waals surface area contributed by atoms with Crippen LogP contribution in [0.1, 0.15) is 22.5 Å². The number of hydrogen-bond acceptors (Lipinski definition) is 5. The fourth-order valence-corrected chi connectivity index (χ4v) is 5.80. The predicted molar refractivity (Wildman–Crippen MR) is 137 cm³/mol. The maximum Gasteiger partial charge on any atom is 0.240 e. The first kappa shape index (κ1) is 24.8. The second-order valence-electron chi connectivity index (χ2n) is 7.68. The summed E-state index contributed by atoms with van der Waals surface area (Å²) in [4.78, 5) is 0.183. The summed E-state index contributed by atoms with van der Waals surface area (Å²) in [6.45, 7) is 3.90. The van der Waals surface area contributed by atoms with Crippen LogP contribution in [0.3, 0.4) is 0 Å². The molecule has 1 aromatic heterocycles. The molecule has 0 bridgehead atoms. The van der Waals surface area contributed by atoms with Gasteiger partial charge < -0.3 is 0 Å². The molecular weight excluding hydrogens is 511 g/mol. The highest BCUT2D eigenvalue weighted by molar-refractivity contribution is 7.98. The number of thioether (sulfide) groups is 1. The zero-order chi connectivity index (χ0) is 24.3. The highest BCUT2D eigenvalue weighted by Crippen LogP contribution is 2.31. The molecule has 0 saturated heterocycles. The van der Waals surface area contributed by atoms with Gasteiger partial charge in [-0.3, -0.25) is 4.57 Å². The number of benzene rings is 3. The van der Waals surface area contributed by atoms with E-state index in [0.717, 1.165) is 5.56 Å². The van der Waals surface area contributed by atoms with E-state index in [1.54, 1.807) is 47.0 Å². The Morgan fingerprint density at radius 1 is 0.971 bits per heavy atom. The largest absolute Gasteiger partial charge is 0.271 e. The Labute approximate surface area is 213 Å². The summed E-state index contributed by atoms with van der Waals surface area (Å²) in [5.41, 5.74) is 3.95. The molecule has 0 amide bonds. The maximum absolute atomic E-state index is 12.8. The molecule has 176 valence electrons. The normalized spacial score (nSPS) is 11.6. The molecule has 0 spiro atoms. The van der Waals surface area contributed by atoms with E-state index in [1.165, 1.54) is 22.9 Å². The van der Waals surface area contributed by atoms with Crippen LogP contribution in [0, 0.1) is 13.8 Å². The van der Waals surface area contributed by atoms with Crippen molar-refractivity contribution >= 4 is 45.0 Å². The fourth-order valence-electron chi connectivity index (χ4n) is 3.29. The summed E-state index contributed by atoms with van der Waals surface area (Å²) in [5.74, 6) is 1.08. The van der Waals surface area contributed by atoms with Crippen molar-refractivity contribution in [3.63, 3.8) is 0 Å². The first-order valence-corrected chi connectivity index (χ1v) is 13.6. The van der Waals surface area contributed by atoms with E-state index in [4.69, 9.17) is 23.2 Å². The zero-order valence-electron chi connectivity index (χ0n) is 18.5. The van der Waals surface area contributed by atoms with Gasteiger partial charge in [-0.2, -0.15) is 0 Å². The molecule has 34 heavy (non-hydrogen) atoms. The lowest BCUT2D eigenvalue weighted by Crippen LogP contribution is -2.25. The van der Waals surface area contributed by atoms with Crippen molar-refractivity contribution in [1.29, 1.82) is 0 Å². The van der Waals surface area contributed by atoms with E-state index >= 15 is 0 Å². The summed E-state index contributed by atoms with van der Waals surface area (Å²) < 4.78 is 30.0. The molecule has 1 heterocycles. The van der Waals surface area contributed by atoms with Gasteiger partial charge in [0.15, 0.2) is 11.0 Å². The zero-order valence-corrected chi connectivity index (χ0v) is 21.6. The number of aryl methyl sites for hydroxylation is 2. The smallest absolute Gasteiger partial charge is 0.240 e. The van der Waals surface area contributed by atoms with Crippen LogP contribution < -0.4 is 4.72 Å². The first-order chi connectivity index (χ1) is 16.2. The summed E-state index contributed by atoms with van der Waals surface area (Å²) in [6, 6.07) is 19.9. The van der Waals surface area contributed by atoms with E-state index in [0.29, 0.717) is 32.5 Å². The first-order valence-electron chi connectivity index (χ1n) is 10.4. The number of aromatic nitrogens is 3. The molecule has 0 unspecified atom stereocenters. The Hall–Kier alpha value is -2.36. The number of nitrogens with one attached hydrogen (secondary N) is 1. The number of halogens is 2. The van der Waals surface area contributed by atoms with Crippen LogP contribution in [0.5, 0.6) is 0 Å². The van der Waals surface area contributed by atoms with Crippen molar-refractivity contribution in [2.75, 3.05) is 0 Å². The summed E-state index contributed by atoms with van der Waals surface area (Å²) in [6.07, 6.45) is 0. The molecule has 4 aromatic rings. The third-order valence-electron chi connectivity index (χ3n) is 5.22. The van der Waals surface area contributed by atoms with Gasteiger partial charge in [0.05, 0.1) is 22.2 Å². The minimum Gasteiger partial charge on any atom is -0.271 e. The Kier molecular flexibility index (Phi) is 7.64. The topological polar surface area (TPSA) is 76.9 Å². The third-order valence-corrected chi connectivity index (χ3v) is 8.15. The van der Waals surface area contributed by atoms with Crippen molar-refractivity contribution in [2.24, 2.45) is 0 Å². The average Bonchev–Trinajstić information content (AvgIpc) is 3.20. The molecule has 10 heteroatoms. The molecule has 0 aliphatic carbocycles. The maximum atomic E-state index is 12.8. The van der Waals surface area contributed by atoms with Crippen molar-refractivity contribution in [2.45, 2.75) is 36.2 Å². The van der Waals surface area contributed by atoms with Gasteiger partial charge in [0.25, 0.3) is 0 Å². The Balaban J connectivity index is 1.65. The molecule has 1 N–H and O–H groups in total. The van der Waals surface area contributed by atoms with Gasteiger partial charge in [-0.1, -0.05) is 76.9 Å². The van der Waals surface area contributed by atoms with Crippen LogP contribution in [-0.2, 0) is 22.3 Å². The van der Waals surface area contributed by atoms with E-state index in [-0.39, 0.29) is 11.4 Å². The molecule has 0 radical (unpaired) electrons. The van der Waals surface area contributed by atoms with E-state index in [2.05, 4.69) is 34.0 Å². The Bertz CT molecular complexity index is 1420. The van der Waals surface area contributed by atoms with E-state index in [1.807, 2.05) is 19.1 Å². The number of hydrogen-bond donors (Lipinski definition) is 1. The quantitative estimate of drug-likeness (QED) is 0.283. The molecule has 0 aliphatic rings. The average molecular weight is 534 g/mol. The molecule has 0 aliphatic heterocycles. The van der Waals surface area contributed by atoms with Gasteiger partial charge in [-0.05, 0) is 55.3 Å². The SMILES string of the molecule is Cc1ccc(S(=O)(=O)NCc2nnc(SCc3ccccc3C)n2-c2ccc(Cl)cc2Cl)cc1.